The SMILES string of the molecule is COc1ccc(-c2cnn3c(-c4cc(OC)ccc4O)ccnc23)cc1. The maximum atomic E-state index is 10.3. The quantitative estimate of drug-likeness (QED) is 0.608. The van der Waals surface area contributed by atoms with E-state index in [2.05, 4.69) is 10.1 Å². The lowest BCUT2D eigenvalue weighted by Crippen LogP contribution is -1.96. The van der Waals surface area contributed by atoms with Gasteiger partial charge < -0.3 is 14.6 Å². The monoisotopic (exact) mass is 347 g/mol. The van der Waals surface area contributed by atoms with Crippen molar-refractivity contribution in [3.05, 3.63) is 60.9 Å². The molecular weight excluding hydrogens is 330 g/mol. The van der Waals surface area contributed by atoms with Gasteiger partial charge in [-0.3, -0.25) is 0 Å². The zero-order valence-corrected chi connectivity index (χ0v) is 14.4. The topological polar surface area (TPSA) is 68.9 Å². The maximum absolute atomic E-state index is 10.3. The van der Waals surface area contributed by atoms with Crippen molar-refractivity contribution in [2.45, 2.75) is 0 Å². The molecule has 2 heterocycles. The van der Waals surface area contributed by atoms with Gasteiger partial charge in [-0.1, -0.05) is 12.1 Å². The van der Waals surface area contributed by atoms with Gasteiger partial charge in [0.15, 0.2) is 5.65 Å². The highest BCUT2D eigenvalue weighted by molar-refractivity contribution is 5.80. The minimum absolute atomic E-state index is 0.153. The van der Waals surface area contributed by atoms with Crippen molar-refractivity contribution in [2.75, 3.05) is 14.2 Å². The Morgan fingerprint density at radius 3 is 2.35 bits per heavy atom. The van der Waals surface area contributed by atoms with Gasteiger partial charge in [0.1, 0.15) is 17.2 Å². The zero-order valence-electron chi connectivity index (χ0n) is 14.4. The number of rotatable bonds is 4. The van der Waals surface area contributed by atoms with Gasteiger partial charge in [0.2, 0.25) is 0 Å². The summed E-state index contributed by atoms with van der Waals surface area (Å²) in [7, 11) is 3.23. The summed E-state index contributed by atoms with van der Waals surface area (Å²) in [4.78, 5) is 4.47. The Kier molecular flexibility index (Phi) is 3.93. The summed E-state index contributed by atoms with van der Waals surface area (Å²) in [5, 5.41) is 14.8. The Morgan fingerprint density at radius 2 is 1.62 bits per heavy atom. The number of aromatic hydroxyl groups is 1. The Bertz CT molecular complexity index is 1070. The highest BCUT2D eigenvalue weighted by atomic mass is 16.5. The summed E-state index contributed by atoms with van der Waals surface area (Å²) in [5.74, 6) is 1.60. The Balaban J connectivity index is 1.88. The number of hydrogen-bond donors (Lipinski definition) is 1. The van der Waals surface area contributed by atoms with Crippen LogP contribution in [0.3, 0.4) is 0 Å². The number of nitrogens with zero attached hydrogens (tertiary/aromatic N) is 3. The van der Waals surface area contributed by atoms with Crippen molar-refractivity contribution in [3.63, 3.8) is 0 Å². The first-order chi connectivity index (χ1) is 12.7. The molecular formula is C20H17N3O3. The largest absolute Gasteiger partial charge is 0.507 e. The average molecular weight is 347 g/mol. The molecule has 0 aliphatic heterocycles. The summed E-state index contributed by atoms with van der Waals surface area (Å²) < 4.78 is 12.2. The van der Waals surface area contributed by atoms with E-state index >= 15 is 0 Å². The zero-order chi connectivity index (χ0) is 18.1. The number of phenolic OH excluding ortho intramolecular Hbond substituents is 1. The van der Waals surface area contributed by atoms with Gasteiger partial charge in [0, 0.05) is 17.3 Å². The van der Waals surface area contributed by atoms with Crippen LogP contribution in [0, 0.1) is 0 Å². The molecule has 4 rings (SSSR count). The fourth-order valence-electron chi connectivity index (χ4n) is 2.92. The fraction of sp³-hybridized carbons (Fsp3) is 0.100. The predicted molar refractivity (Wildman–Crippen MR) is 98.6 cm³/mol. The van der Waals surface area contributed by atoms with Crippen LogP contribution in [-0.4, -0.2) is 33.9 Å². The second kappa shape index (κ2) is 6.40. The van der Waals surface area contributed by atoms with Crippen molar-refractivity contribution >= 4 is 5.65 Å². The summed E-state index contributed by atoms with van der Waals surface area (Å²) in [5.41, 5.74) is 3.94. The molecule has 6 heteroatoms. The Hall–Kier alpha value is -3.54. The Labute approximate surface area is 150 Å². The highest BCUT2D eigenvalue weighted by Crippen LogP contribution is 2.34. The van der Waals surface area contributed by atoms with Crippen LogP contribution < -0.4 is 9.47 Å². The molecule has 0 fully saturated rings. The number of benzene rings is 2. The number of phenols is 1. The lowest BCUT2D eigenvalue weighted by molar-refractivity contribution is 0.412. The van der Waals surface area contributed by atoms with E-state index in [9.17, 15) is 5.11 Å². The molecule has 2 aromatic carbocycles. The molecule has 0 saturated carbocycles. The van der Waals surface area contributed by atoms with Crippen LogP contribution in [0.25, 0.3) is 28.0 Å². The summed E-state index contributed by atoms with van der Waals surface area (Å²) in [6.07, 6.45) is 3.48. The third-order valence-corrected chi connectivity index (χ3v) is 4.28. The molecule has 26 heavy (non-hydrogen) atoms. The molecule has 0 aliphatic rings. The van der Waals surface area contributed by atoms with Gasteiger partial charge in [0.25, 0.3) is 0 Å². The average Bonchev–Trinajstić information content (AvgIpc) is 3.13. The summed E-state index contributed by atoms with van der Waals surface area (Å²) in [6.45, 7) is 0. The molecule has 0 bridgehead atoms. The lowest BCUT2D eigenvalue weighted by Gasteiger charge is -2.09. The molecule has 0 saturated heterocycles. The van der Waals surface area contributed by atoms with E-state index in [1.54, 1.807) is 49.3 Å². The van der Waals surface area contributed by atoms with Crippen molar-refractivity contribution in [3.8, 4) is 39.6 Å². The first kappa shape index (κ1) is 16.0. The van der Waals surface area contributed by atoms with Gasteiger partial charge in [-0.25, -0.2) is 9.50 Å². The molecule has 6 nitrogen and oxygen atoms in total. The standard InChI is InChI=1S/C20H17N3O3/c1-25-14-5-3-13(4-6-14)17-12-22-23-18(9-10-21-20(17)23)16-11-15(26-2)7-8-19(16)24/h3-12,24H,1-2H3. The van der Waals surface area contributed by atoms with Crippen LogP contribution in [0.1, 0.15) is 0 Å². The van der Waals surface area contributed by atoms with E-state index in [-0.39, 0.29) is 5.75 Å². The van der Waals surface area contributed by atoms with Gasteiger partial charge in [-0.05, 0) is 42.0 Å². The van der Waals surface area contributed by atoms with Crippen molar-refractivity contribution in [1.29, 1.82) is 0 Å². The maximum Gasteiger partial charge on any atom is 0.163 e. The van der Waals surface area contributed by atoms with Crippen molar-refractivity contribution in [2.24, 2.45) is 0 Å². The minimum atomic E-state index is 0.153. The van der Waals surface area contributed by atoms with Crippen molar-refractivity contribution in [1.82, 2.24) is 14.6 Å². The van der Waals surface area contributed by atoms with Crippen LogP contribution >= 0.6 is 0 Å². The molecule has 0 spiro atoms. The van der Waals surface area contributed by atoms with Crippen LogP contribution in [0.5, 0.6) is 17.2 Å². The molecule has 130 valence electrons. The molecule has 0 unspecified atom stereocenters. The van der Waals surface area contributed by atoms with E-state index in [1.165, 1.54) is 0 Å². The first-order valence-electron chi connectivity index (χ1n) is 8.06. The van der Waals surface area contributed by atoms with Crippen LogP contribution in [-0.2, 0) is 0 Å². The second-order valence-corrected chi connectivity index (χ2v) is 5.74. The molecule has 0 atom stereocenters. The van der Waals surface area contributed by atoms with E-state index in [0.29, 0.717) is 17.0 Å². The molecule has 4 aromatic rings. The van der Waals surface area contributed by atoms with Gasteiger partial charge in [-0.15, -0.1) is 0 Å². The number of hydrogen-bond acceptors (Lipinski definition) is 5. The Morgan fingerprint density at radius 1 is 0.885 bits per heavy atom. The molecule has 0 radical (unpaired) electrons. The summed E-state index contributed by atoms with van der Waals surface area (Å²) >= 11 is 0. The second-order valence-electron chi connectivity index (χ2n) is 5.74. The first-order valence-corrected chi connectivity index (χ1v) is 8.06. The van der Waals surface area contributed by atoms with Crippen molar-refractivity contribution < 1.29 is 14.6 Å². The lowest BCUT2D eigenvalue weighted by atomic mass is 10.1. The smallest absolute Gasteiger partial charge is 0.163 e. The normalized spacial score (nSPS) is 10.8. The highest BCUT2D eigenvalue weighted by Gasteiger charge is 2.14. The van der Waals surface area contributed by atoms with Gasteiger partial charge >= 0.3 is 0 Å². The number of methoxy groups -OCH3 is 2. The molecule has 0 amide bonds. The third kappa shape index (κ3) is 2.61. The molecule has 0 aliphatic carbocycles. The van der Waals surface area contributed by atoms with Gasteiger partial charge in [-0.2, -0.15) is 5.10 Å². The van der Waals surface area contributed by atoms with E-state index in [4.69, 9.17) is 9.47 Å². The molecule has 1 N–H and O–H groups in total. The number of aromatic nitrogens is 3. The van der Waals surface area contributed by atoms with E-state index < -0.39 is 0 Å². The van der Waals surface area contributed by atoms with Crippen LogP contribution in [0.4, 0.5) is 0 Å². The van der Waals surface area contributed by atoms with E-state index in [1.807, 2.05) is 30.3 Å². The number of ether oxygens (including phenoxy) is 2. The predicted octanol–water partition coefficient (Wildman–Crippen LogP) is 3.79. The summed E-state index contributed by atoms with van der Waals surface area (Å²) in [6, 6.07) is 14.6. The fourth-order valence-corrected chi connectivity index (χ4v) is 2.92. The van der Waals surface area contributed by atoms with E-state index in [0.717, 1.165) is 22.6 Å². The van der Waals surface area contributed by atoms with Gasteiger partial charge in [0.05, 0.1) is 26.1 Å². The van der Waals surface area contributed by atoms with Crippen LogP contribution in [0.2, 0.25) is 0 Å². The number of fused-ring (bicyclic) bond motifs is 1. The minimum Gasteiger partial charge on any atom is -0.507 e. The molecule has 2 aromatic heterocycles. The third-order valence-electron chi connectivity index (χ3n) is 4.28. The van der Waals surface area contributed by atoms with Crippen LogP contribution in [0.15, 0.2) is 60.9 Å².